The van der Waals surface area contributed by atoms with Crippen molar-refractivity contribution in [3.8, 4) is 11.5 Å². The van der Waals surface area contributed by atoms with Crippen molar-refractivity contribution in [2.45, 2.75) is 63.2 Å². The molecule has 2 aromatic rings. The van der Waals surface area contributed by atoms with Crippen LogP contribution >= 0.6 is 0 Å². The van der Waals surface area contributed by atoms with Crippen LogP contribution in [0.3, 0.4) is 0 Å². The van der Waals surface area contributed by atoms with Gasteiger partial charge in [-0.15, -0.1) is 5.10 Å². The molecule has 3 heterocycles. The number of carbonyl (C=O) groups excluding carboxylic acids is 1. The Morgan fingerprint density at radius 2 is 1.97 bits per heavy atom. The third-order valence-electron chi connectivity index (χ3n) is 6.05. The molecular weight excluding hydrogens is 370 g/mol. The van der Waals surface area contributed by atoms with E-state index in [2.05, 4.69) is 20.9 Å². The highest BCUT2D eigenvalue weighted by Gasteiger charge is 2.42. The second-order valence-electron chi connectivity index (χ2n) is 8.25. The van der Waals surface area contributed by atoms with Crippen LogP contribution in [0.1, 0.15) is 56.6 Å². The zero-order valence-corrected chi connectivity index (χ0v) is 16.5. The van der Waals surface area contributed by atoms with Crippen molar-refractivity contribution in [3.63, 3.8) is 0 Å². The van der Waals surface area contributed by atoms with E-state index in [0.29, 0.717) is 17.4 Å². The lowest BCUT2D eigenvalue weighted by Gasteiger charge is -2.31. The van der Waals surface area contributed by atoms with E-state index in [9.17, 15) is 4.79 Å². The lowest BCUT2D eigenvalue weighted by Crippen LogP contribution is -2.40. The van der Waals surface area contributed by atoms with Crippen LogP contribution in [0.5, 0.6) is 11.5 Å². The Hall–Kier alpha value is -2.61. The lowest BCUT2D eigenvalue weighted by molar-refractivity contribution is -0.116. The molecule has 29 heavy (non-hydrogen) atoms. The number of nitrogens with zero attached hydrogens (tertiary/aromatic N) is 3. The topological polar surface area (TPSA) is 90.3 Å². The summed E-state index contributed by atoms with van der Waals surface area (Å²) in [6, 6.07) is 5.57. The summed E-state index contributed by atoms with van der Waals surface area (Å²) in [5.74, 6) is 1.24. The summed E-state index contributed by atoms with van der Waals surface area (Å²) < 4.78 is 13.8. The molecule has 0 unspecified atom stereocenters. The molecule has 1 spiro atoms. The molecule has 1 aromatic carbocycles. The van der Waals surface area contributed by atoms with Crippen LogP contribution < -0.4 is 20.1 Å². The quantitative estimate of drug-likeness (QED) is 0.825. The summed E-state index contributed by atoms with van der Waals surface area (Å²) in [7, 11) is 0. The fourth-order valence-corrected chi connectivity index (χ4v) is 4.51. The van der Waals surface area contributed by atoms with Gasteiger partial charge in [0.1, 0.15) is 6.54 Å². The van der Waals surface area contributed by atoms with Crippen molar-refractivity contribution in [2.75, 3.05) is 18.4 Å². The minimum atomic E-state index is -0.505. The summed E-state index contributed by atoms with van der Waals surface area (Å²) >= 11 is 0. The van der Waals surface area contributed by atoms with Crippen molar-refractivity contribution >= 4 is 11.6 Å². The van der Waals surface area contributed by atoms with E-state index in [1.807, 2.05) is 24.4 Å². The zero-order valence-electron chi connectivity index (χ0n) is 16.5. The minimum absolute atomic E-state index is 0.135. The van der Waals surface area contributed by atoms with Crippen LogP contribution in [0.2, 0.25) is 0 Å². The molecule has 1 saturated carbocycles. The van der Waals surface area contributed by atoms with E-state index in [4.69, 9.17) is 9.47 Å². The molecule has 0 atom stereocenters. The average Bonchev–Trinajstić information content (AvgIpc) is 3.33. The van der Waals surface area contributed by atoms with E-state index < -0.39 is 5.79 Å². The van der Waals surface area contributed by atoms with Crippen LogP contribution in [-0.4, -0.2) is 39.8 Å². The molecule has 154 valence electrons. The highest BCUT2D eigenvalue weighted by molar-refractivity contribution is 5.90. The molecule has 8 heteroatoms. The summed E-state index contributed by atoms with van der Waals surface area (Å²) in [5.41, 5.74) is 1.67. The number of aromatic nitrogens is 3. The van der Waals surface area contributed by atoms with Crippen LogP contribution in [-0.2, 0) is 11.3 Å². The predicted molar refractivity (Wildman–Crippen MR) is 107 cm³/mol. The fourth-order valence-electron chi connectivity index (χ4n) is 4.51. The molecule has 5 rings (SSSR count). The van der Waals surface area contributed by atoms with Crippen LogP contribution in [0.15, 0.2) is 24.4 Å². The van der Waals surface area contributed by atoms with Gasteiger partial charge in [0.25, 0.3) is 5.79 Å². The third kappa shape index (κ3) is 3.94. The summed E-state index contributed by atoms with van der Waals surface area (Å²) in [4.78, 5) is 12.5. The fraction of sp³-hybridized carbons (Fsp3) is 0.571. The number of rotatable bonds is 4. The number of benzene rings is 1. The van der Waals surface area contributed by atoms with Gasteiger partial charge in [-0.3, -0.25) is 4.79 Å². The number of nitrogens with one attached hydrogen (secondary N) is 2. The number of hydrogen-bond acceptors (Lipinski definition) is 6. The van der Waals surface area contributed by atoms with Crippen molar-refractivity contribution in [3.05, 3.63) is 30.1 Å². The van der Waals surface area contributed by atoms with Crippen molar-refractivity contribution in [1.29, 1.82) is 0 Å². The largest absolute Gasteiger partial charge is 0.448 e. The molecule has 2 fully saturated rings. The second-order valence-corrected chi connectivity index (χ2v) is 8.25. The first kappa shape index (κ1) is 18.4. The van der Waals surface area contributed by atoms with Crippen LogP contribution in [0, 0.1) is 0 Å². The zero-order chi connectivity index (χ0) is 19.7. The maximum Gasteiger partial charge on any atom is 0.251 e. The molecule has 8 nitrogen and oxygen atoms in total. The monoisotopic (exact) mass is 397 g/mol. The highest BCUT2D eigenvalue weighted by atomic mass is 16.7. The molecule has 3 aliphatic rings. The molecule has 0 bridgehead atoms. The first-order valence-corrected chi connectivity index (χ1v) is 10.6. The molecule has 0 radical (unpaired) electrons. The van der Waals surface area contributed by atoms with Crippen LogP contribution in [0.25, 0.3) is 0 Å². The first-order valence-electron chi connectivity index (χ1n) is 10.6. The number of carbonyl (C=O) groups is 1. The van der Waals surface area contributed by atoms with Gasteiger partial charge >= 0.3 is 0 Å². The lowest BCUT2D eigenvalue weighted by atomic mass is 9.94. The molecule has 1 aromatic heterocycles. The minimum Gasteiger partial charge on any atom is -0.448 e. The van der Waals surface area contributed by atoms with Gasteiger partial charge in [-0.25, -0.2) is 4.68 Å². The average molecular weight is 397 g/mol. The van der Waals surface area contributed by atoms with Crippen LogP contribution in [0.4, 0.5) is 5.69 Å². The molecule has 1 aliphatic carbocycles. The van der Waals surface area contributed by atoms with Gasteiger partial charge in [0.2, 0.25) is 5.91 Å². The Kier molecular flexibility index (Phi) is 4.87. The molecule has 1 amide bonds. The Bertz CT molecular complexity index is 884. The number of fused-ring (bicyclic) bond motifs is 1. The van der Waals surface area contributed by atoms with Gasteiger partial charge in [-0.05, 0) is 50.9 Å². The maximum absolute atomic E-state index is 12.5. The van der Waals surface area contributed by atoms with Crippen molar-refractivity contribution in [1.82, 2.24) is 20.3 Å². The first-order chi connectivity index (χ1) is 14.2. The Morgan fingerprint density at radius 1 is 1.17 bits per heavy atom. The smallest absolute Gasteiger partial charge is 0.251 e. The summed E-state index contributed by atoms with van der Waals surface area (Å²) in [5, 5.41) is 14.7. The molecule has 1 saturated heterocycles. The van der Waals surface area contributed by atoms with Crippen molar-refractivity contribution < 1.29 is 14.3 Å². The van der Waals surface area contributed by atoms with Gasteiger partial charge in [0, 0.05) is 36.7 Å². The van der Waals surface area contributed by atoms with E-state index in [-0.39, 0.29) is 12.5 Å². The Balaban J connectivity index is 1.20. The maximum atomic E-state index is 12.5. The third-order valence-corrected chi connectivity index (χ3v) is 6.05. The SMILES string of the molecule is O=C(Cn1cc(C2CCNCC2)nn1)Nc1ccc2c(c1)OC1(CCCCC1)O2. The second kappa shape index (κ2) is 7.67. The normalized spacial score (nSPS) is 20.7. The Labute approximate surface area is 169 Å². The van der Waals surface area contributed by atoms with E-state index in [0.717, 1.165) is 63.1 Å². The van der Waals surface area contributed by atoms with Gasteiger partial charge in [-0.1, -0.05) is 11.6 Å². The Morgan fingerprint density at radius 3 is 2.79 bits per heavy atom. The van der Waals surface area contributed by atoms with E-state index in [1.54, 1.807) is 4.68 Å². The number of hydrogen-bond donors (Lipinski definition) is 2. The van der Waals surface area contributed by atoms with Gasteiger partial charge in [0.05, 0.1) is 5.69 Å². The van der Waals surface area contributed by atoms with E-state index in [1.165, 1.54) is 6.42 Å². The van der Waals surface area contributed by atoms with Gasteiger partial charge < -0.3 is 20.1 Å². The number of ether oxygens (including phenoxy) is 2. The number of anilines is 1. The van der Waals surface area contributed by atoms with Gasteiger partial charge in [0.15, 0.2) is 11.5 Å². The molecule has 2 aliphatic heterocycles. The number of amides is 1. The standard InChI is InChI=1S/C21H27N5O3/c27-20(14-26-13-17(24-25-26)15-6-10-22-11-7-15)23-16-4-5-18-19(12-16)29-21(28-18)8-2-1-3-9-21/h4-5,12-13,15,22H,1-3,6-11,14H2,(H,23,27). The van der Waals surface area contributed by atoms with E-state index >= 15 is 0 Å². The molecular formula is C21H27N5O3. The summed E-state index contributed by atoms with van der Waals surface area (Å²) in [6.07, 6.45) is 9.30. The molecule has 2 N–H and O–H groups in total. The highest BCUT2D eigenvalue weighted by Crippen LogP contribution is 2.46. The van der Waals surface area contributed by atoms with Gasteiger partial charge in [-0.2, -0.15) is 0 Å². The number of piperidine rings is 1. The summed E-state index contributed by atoms with van der Waals surface area (Å²) in [6.45, 7) is 2.14. The predicted octanol–water partition coefficient (Wildman–Crippen LogP) is 2.82. The van der Waals surface area contributed by atoms with Crippen molar-refractivity contribution in [2.24, 2.45) is 0 Å².